The highest BCUT2D eigenvalue weighted by Crippen LogP contribution is 2.36. The molecule has 0 spiro atoms. The molecule has 1 aromatic heterocycles. The minimum atomic E-state index is -0.530. The van der Waals surface area contributed by atoms with Crippen LogP contribution in [0.1, 0.15) is 27.7 Å². The van der Waals surface area contributed by atoms with Crippen LogP contribution in [0, 0.1) is 0 Å². The van der Waals surface area contributed by atoms with Gasteiger partial charge in [-0.3, -0.25) is 0 Å². The van der Waals surface area contributed by atoms with Gasteiger partial charge in [-0.1, -0.05) is 12.1 Å². The van der Waals surface area contributed by atoms with E-state index in [2.05, 4.69) is 4.98 Å². The van der Waals surface area contributed by atoms with E-state index in [9.17, 15) is 0 Å². The highest BCUT2D eigenvalue weighted by atomic mass is 16.7. The van der Waals surface area contributed by atoms with Crippen LogP contribution in [0.2, 0.25) is 0 Å². The number of benzene rings is 1. The molecule has 0 amide bonds. The van der Waals surface area contributed by atoms with E-state index in [-0.39, 0.29) is 0 Å². The zero-order valence-corrected chi connectivity index (χ0v) is 13.5. The second kappa shape index (κ2) is 5.14. The number of para-hydroxylation sites is 1. The summed E-state index contributed by atoms with van der Waals surface area (Å²) in [7, 11) is 1.09. The molecule has 22 heavy (non-hydrogen) atoms. The largest absolute Gasteiger partial charge is 0.517 e. The Hall–Kier alpha value is -1.79. The van der Waals surface area contributed by atoms with Gasteiger partial charge in [-0.2, -0.15) is 0 Å². The molecule has 1 saturated heterocycles. The Kier molecular flexibility index (Phi) is 3.53. The van der Waals surface area contributed by atoms with Crippen molar-refractivity contribution in [3.05, 3.63) is 30.5 Å². The molecule has 0 radical (unpaired) electrons. The maximum Gasteiger partial charge on any atom is 0.517 e. The fourth-order valence-corrected chi connectivity index (χ4v) is 2.30. The fraction of sp³-hybridized carbons (Fsp3) is 0.438. The zero-order chi connectivity index (χ0) is 16.0. The third kappa shape index (κ3) is 2.42. The molecule has 1 fully saturated rings. The maximum absolute atomic E-state index is 5.98. The van der Waals surface area contributed by atoms with Crippen molar-refractivity contribution in [1.29, 1.82) is 0 Å². The summed E-state index contributed by atoms with van der Waals surface area (Å²) in [6.07, 6.45) is 1.57. The summed E-state index contributed by atoms with van der Waals surface area (Å²) < 4.78 is 22.9. The molecule has 0 N–H and O–H groups in total. The molecule has 1 aromatic carbocycles. The summed E-state index contributed by atoms with van der Waals surface area (Å²) in [5, 5.41) is 0. The van der Waals surface area contributed by atoms with Gasteiger partial charge in [0.25, 0.3) is 0 Å². The first-order chi connectivity index (χ1) is 10.3. The lowest BCUT2D eigenvalue weighted by molar-refractivity contribution is 0.00578. The molecule has 3 rings (SSSR count). The van der Waals surface area contributed by atoms with Gasteiger partial charge >= 0.3 is 7.12 Å². The second-order valence-electron chi connectivity index (χ2n) is 6.37. The lowest BCUT2D eigenvalue weighted by Crippen LogP contribution is -2.41. The first kappa shape index (κ1) is 15.1. The number of ether oxygens (including phenoxy) is 1. The highest BCUT2D eigenvalue weighted by molar-refractivity contribution is 6.61. The third-order valence-electron chi connectivity index (χ3n) is 4.35. The van der Waals surface area contributed by atoms with Gasteiger partial charge in [0.05, 0.1) is 23.9 Å². The van der Waals surface area contributed by atoms with E-state index < -0.39 is 18.3 Å². The first-order valence-corrected chi connectivity index (χ1v) is 7.28. The monoisotopic (exact) mass is 301 g/mol. The second-order valence-corrected chi connectivity index (χ2v) is 6.37. The molecule has 0 saturated carbocycles. The molecule has 0 atom stereocenters. The Morgan fingerprint density at radius 1 is 1.05 bits per heavy atom. The fourth-order valence-electron chi connectivity index (χ4n) is 2.30. The van der Waals surface area contributed by atoms with Crippen LogP contribution in [-0.2, 0) is 9.31 Å². The van der Waals surface area contributed by atoms with Gasteiger partial charge < -0.3 is 18.5 Å². The standard InChI is InChI=1S/C16H20BNO4/c1-15(2)16(3,4)22-17(21-15)13-10-20-14(18-13)11-8-6-7-9-12(11)19-5/h6-10H,1-5H3. The molecule has 116 valence electrons. The topological polar surface area (TPSA) is 53.7 Å². The van der Waals surface area contributed by atoms with Crippen molar-refractivity contribution < 1.29 is 18.5 Å². The van der Waals surface area contributed by atoms with Crippen LogP contribution >= 0.6 is 0 Å². The Labute approximate surface area is 130 Å². The van der Waals surface area contributed by atoms with E-state index in [0.29, 0.717) is 17.2 Å². The van der Waals surface area contributed by atoms with Crippen LogP contribution in [0.25, 0.3) is 11.5 Å². The number of nitrogens with zero attached hydrogens (tertiary/aromatic N) is 1. The van der Waals surface area contributed by atoms with Gasteiger partial charge in [-0.05, 0) is 39.8 Å². The normalized spacial score (nSPS) is 19.4. The molecule has 0 unspecified atom stereocenters. The van der Waals surface area contributed by atoms with E-state index >= 15 is 0 Å². The average Bonchev–Trinajstić information content (AvgIpc) is 3.02. The lowest BCUT2D eigenvalue weighted by atomic mass is 9.86. The molecule has 1 aliphatic heterocycles. The number of rotatable bonds is 3. The average molecular weight is 301 g/mol. The summed E-state index contributed by atoms with van der Waals surface area (Å²) in [5.41, 5.74) is 0.620. The summed E-state index contributed by atoms with van der Waals surface area (Å²) in [5.74, 6) is 1.20. The predicted molar refractivity (Wildman–Crippen MR) is 84.2 cm³/mol. The zero-order valence-electron chi connectivity index (χ0n) is 13.5. The van der Waals surface area contributed by atoms with Crippen molar-refractivity contribution in [2.45, 2.75) is 38.9 Å². The number of methoxy groups -OCH3 is 1. The smallest absolute Gasteiger partial charge is 0.496 e. The quantitative estimate of drug-likeness (QED) is 0.816. The molecule has 2 heterocycles. The van der Waals surface area contributed by atoms with Gasteiger partial charge in [0.2, 0.25) is 5.89 Å². The van der Waals surface area contributed by atoms with Crippen molar-refractivity contribution in [3.63, 3.8) is 0 Å². The SMILES string of the molecule is COc1ccccc1-c1nc(B2OC(C)(C)C(C)(C)O2)co1. The van der Waals surface area contributed by atoms with Crippen LogP contribution in [0.5, 0.6) is 5.75 Å². The number of hydrogen-bond acceptors (Lipinski definition) is 5. The van der Waals surface area contributed by atoms with E-state index in [1.54, 1.807) is 13.4 Å². The van der Waals surface area contributed by atoms with Crippen molar-refractivity contribution in [3.8, 4) is 17.2 Å². The van der Waals surface area contributed by atoms with Gasteiger partial charge in [0.15, 0.2) is 0 Å². The van der Waals surface area contributed by atoms with Crippen molar-refractivity contribution in [2.75, 3.05) is 7.11 Å². The molecular weight excluding hydrogens is 281 g/mol. The highest BCUT2D eigenvalue weighted by Gasteiger charge is 2.52. The van der Waals surface area contributed by atoms with Gasteiger partial charge in [0, 0.05) is 0 Å². The van der Waals surface area contributed by atoms with Crippen LogP contribution in [0.15, 0.2) is 34.9 Å². The summed E-state index contributed by atoms with van der Waals surface area (Å²) in [6, 6.07) is 7.59. The van der Waals surface area contributed by atoms with Crippen LogP contribution in [-0.4, -0.2) is 30.4 Å². The van der Waals surface area contributed by atoms with Crippen LogP contribution in [0.3, 0.4) is 0 Å². The van der Waals surface area contributed by atoms with Crippen molar-refractivity contribution in [2.24, 2.45) is 0 Å². The van der Waals surface area contributed by atoms with E-state index in [1.807, 2.05) is 52.0 Å². The summed E-state index contributed by atoms with van der Waals surface area (Å²) in [6.45, 7) is 8.03. The first-order valence-electron chi connectivity index (χ1n) is 7.28. The molecule has 2 aromatic rings. The molecule has 6 heteroatoms. The minimum Gasteiger partial charge on any atom is -0.496 e. The maximum atomic E-state index is 5.98. The Morgan fingerprint density at radius 2 is 1.68 bits per heavy atom. The Bertz CT molecular complexity index is 664. The summed E-state index contributed by atoms with van der Waals surface area (Å²) in [4.78, 5) is 4.51. The van der Waals surface area contributed by atoms with Crippen molar-refractivity contribution >= 4 is 12.7 Å². The molecule has 0 aliphatic carbocycles. The van der Waals surface area contributed by atoms with Crippen molar-refractivity contribution in [1.82, 2.24) is 4.98 Å². The van der Waals surface area contributed by atoms with Gasteiger partial charge in [-0.15, -0.1) is 0 Å². The molecular formula is C16H20BNO4. The minimum absolute atomic E-state index is 0.402. The Morgan fingerprint density at radius 3 is 2.32 bits per heavy atom. The number of aromatic nitrogens is 1. The number of hydrogen-bond donors (Lipinski definition) is 0. The van der Waals surface area contributed by atoms with Gasteiger partial charge in [-0.25, -0.2) is 4.98 Å². The van der Waals surface area contributed by atoms with Crippen LogP contribution < -0.4 is 10.3 Å². The van der Waals surface area contributed by atoms with E-state index in [0.717, 1.165) is 5.56 Å². The number of oxazole rings is 1. The third-order valence-corrected chi connectivity index (χ3v) is 4.35. The molecule has 0 bridgehead atoms. The lowest BCUT2D eigenvalue weighted by Gasteiger charge is -2.32. The van der Waals surface area contributed by atoms with E-state index in [4.69, 9.17) is 18.5 Å². The molecule has 5 nitrogen and oxygen atoms in total. The van der Waals surface area contributed by atoms with Gasteiger partial charge in [0.1, 0.15) is 17.6 Å². The predicted octanol–water partition coefficient (Wildman–Crippen LogP) is 2.65. The Balaban J connectivity index is 1.89. The molecule has 1 aliphatic rings. The van der Waals surface area contributed by atoms with Crippen LogP contribution in [0.4, 0.5) is 0 Å². The van der Waals surface area contributed by atoms with E-state index in [1.165, 1.54) is 0 Å². The summed E-state index contributed by atoms with van der Waals surface area (Å²) >= 11 is 0.